The van der Waals surface area contributed by atoms with Crippen LogP contribution in [0.15, 0.2) is 40.9 Å². The van der Waals surface area contributed by atoms with E-state index in [0.29, 0.717) is 5.69 Å². The molecule has 0 saturated heterocycles. The average molecular weight is 334 g/mol. The Kier molecular flexibility index (Phi) is 4.14. The zero-order valence-corrected chi connectivity index (χ0v) is 13.2. The monoisotopic (exact) mass is 333 g/mol. The van der Waals surface area contributed by atoms with Gasteiger partial charge >= 0.3 is 5.97 Å². The van der Waals surface area contributed by atoms with Gasteiger partial charge in [-0.3, -0.25) is 0 Å². The lowest BCUT2D eigenvalue weighted by molar-refractivity contribution is 0.0697. The molecule has 0 aromatic heterocycles. The third-order valence-corrected chi connectivity index (χ3v) is 3.76. The summed E-state index contributed by atoms with van der Waals surface area (Å²) >= 11 is 3.40. The second-order valence-electron chi connectivity index (χ2n) is 4.82. The minimum absolute atomic E-state index is 0.288. The normalized spacial score (nSPS) is 10.4. The highest BCUT2D eigenvalue weighted by Gasteiger charge is 2.16. The first-order valence-electron chi connectivity index (χ1n) is 6.24. The number of carboxylic acids is 1. The summed E-state index contributed by atoms with van der Waals surface area (Å²) in [6.07, 6.45) is 0. The van der Waals surface area contributed by atoms with E-state index in [1.54, 1.807) is 12.1 Å². The number of aromatic carboxylic acids is 1. The van der Waals surface area contributed by atoms with Gasteiger partial charge in [0.2, 0.25) is 0 Å². The molecule has 0 aliphatic rings. The summed E-state index contributed by atoms with van der Waals surface area (Å²) in [5.74, 6) is -0.927. The number of carbonyl (C=O) groups is 1. The van der Waals surface area contributed by atoms with Crippen LogP contribution in [0.3, 0.4) is 0 Å². The smallest absolute Gasteiger partial charge is 0.337 e. The van der Waals surface area contributed by atoms with E-state index in [4.69, 9.17) is 0 Å². The summed E-state index contributed by atoms with van der Waals surface area (Å²) in [7, 11) is 1.88. The number of halogens is 1. The second kappa shape index (κ2) is 5.67. The fourth-order valence-electron chi connectivity index (χ4n) is 2.27. The van der Waals surface area contributed by atoms with Gasteiger partial charge in [0.15, 0.2) is 0 Å². The minimum Gasteiger partial charge on any atom is -0.478 e. The third-order valence-electron chi connectivity index (χ3n) is 3.27. The van der Waals surface area contributed by atoms with Gasteiger partial charge in [0, 0.05) is 17.2 Å². The van der Waals surface area contributed by atoms with Crippen molar-refractivity contribution in [2.75, 3.05) is 11.9 Å². The molecule has 0 fully saturated rings. The molecule has 104 valence electrons. The number of aryl methyl sites for hydroxylation is 2. The summed E-state index contributed by atoms with van der Waals surface area (Å²) in [6, 6.07) is 11.3. The predicted octanol–water partition coefficient (Wildman–Crippen LogP) is 4.53. The second-order valence-corrected chi connectivity index (χ2v) is 5.73. The molecule has 2 aromatic carbocycles. The molecule has 0 unspecified atom stereocenters. The third kappa shape index (κ3) is 2.85. The first-order chi connectivity index (χ1) is 9.40. The number of benzene rings is 2. The van der Waals surface area contributed by atoms with E-state index in [1.807, 2.05) is 44.0 Å². The van der Waals surface area contributed by atoms with Gasteiger partial charge in [-0.25, -0.2) is 4.79 Å². The fourth-order valence-corrected chi connectivity index (χ4v) is 2.62. The van der Waals surface area contributed by atoms with Crippen LogP contribution in [-0.4, -0.2) is 18.1 Å². The summed E-state index contributed by atoms with van der Waals surface area (Å²) in [4.78, 5) is 13.3. The van der Waals surface area contributed by atoms with Gasteiger partial charge in [0.25, 0.3) is 0 Å². The van der Waals surface area contributed by atoms with E-state index in [-0.39, 0.29) is 5.56 Å². The molecule has 3 nitrogen and oxygen atoms in total. The Bertz CT molecular complexity index is 668. The predicted molar refractivity (Wildman–Crippen MR) is 85.1 cm³/mol. The summed E-state index contributed by atoms with van der Waals surface area (Å²) in [6.45, 7) is 4.07. The zero-order chi connectivity index (χ0) is 14.9. The van der Waals surface area contributed by atoms with Crippen LogP contribution in [-0.2, 0) is 0 Å². The molecule has 0 bridgehead atoms. The van der Waals surface area contributed by atoms with Crippen molar-refractivity contribution in [2.45, 2.75) is 13.8 Å². The number of nitrogens with zero attached hydrogens (tertiary/aromatic N) is 1. The number of anilines is 2. The maximum Gasteiger partial charge on any atom is 0.337 e. The molecule has 0 spiro atoms. The molecule has 2 aromatic rings. The van der Waals surface area contributed by atoms with Crippen LogP contribution in [0.2, 0.25) is 0 Å². The van der Waals surface area contributed by atoms with Crippen molar-refractivity contribution >= 4 is 33.3 Å². The van der Waals surface area contributed by atoms with Gasteiger partial charge in [-0.15, -0.1) is 0 Å². The first-order valence-corrected chi connectivity index (χ1v) is 7.03. The lowest BCUT2D eigenvalue weighted by Gasteiger charge is -2.23. The molecule has 0 heterocycles. The van der Waals surface area contributed by atoms with Crippen molar-refractivity contribution < 1.29 is 9.90 Å². The van der Waals surface area contributed by atoms with Crippen LogP contribution in [0.4, 0.5) is 11.4 Å². The van der Waals surface area contributed by atoms with Crippen molar-refractivity contribution in [3.63, 3.8) is 0 Å². The zero-order valence-electron chi connectivity index (χ0n) is 11.6. The highest BCUT2D eigenvalue weighted by molar-refractivity contribution is 9.10. The summed E-state index contributed by atoms with van der Waals surface area (Å²) in [5, 5.41) is 9.32. The van der Waals surface area contributed by atoms with Crippen molar-refractivity contribution in [1.29, 1.82) is 0 Å². The van der Waals surface area contributed by atoms with Crippen molar-refractivity contribution in [2.24, 2.45) is 0 Å². The van der Waals surface area contributed by atoms with Crippen molar-refractivity contribution in [3.05, 3.63) is 57.6 Å². The Balaban J connectivity index is 2.55. The van der Waals surface area contributed by atoms with Gasteiger partial charge < -0.3 is 10.0 Å². The molecule has 20 heavy (non-hydrogen) atoms. The highest BCUT2D eigenvalue weighted by atomic mass is 79.9. The van der Waals surface area contributed by atoms with E-state index in [1.165, 1.54) is 5.56 Å². The Labute approximate surface area is 127 Å². The largest absolute Gasteiger partial charge is 0.478 e. The number of carboxylic acid groups (broad SMARTS) is 1. The standard InChI is InChI=1S/C16H16BrNO2/c1-10-4-7-14(11(2)8-10)18(3)15-9-12(17)5-6-13(15)16(19)20/h4-9H,1-3H3,(H,19,20). The fraction of sp³-hybridized carbons (Fsp3) is 0.188. The Hall–Kier alpha value is -1.81. The molecule has 0 radical (unpaired) electrons. The minimum atomic E-state index is -0.927. The number of hydrogen-bond acceptors (Lipinski definition) is 2. The maximum absolute atomic E-state index is 11.4. The SMILES string of the molecule is Cc1ccc(N(C)c2cc(Br)ccc2C(=O)O)c(C)c1. The maximum atomic E-state index is 11.4. The Morgan fingerprint density at radius 2 is 1.80 bits per heavy atom. The molecule has 0 saturated carbocycles. The van der Waals surface area contributed by atoms with Crippen LogP contribution >= 0.6 is 15.9 Å². The summed E-state index contributed by atoms with van der Waals surface area (Å²) < 4.78 is 0.856. The lowest BCUT2D eigenvalue weighted by atomic mass is 10.1. The molecule has 1 N–H and O–H groups in total. The van der Waals surface area contributed by atoms with E-state index in [9.17, 15) is 9.90 Å². The van der Waals surface area contributed by atoms with Crippen LogP contribution in [0, 0.1) is 13.8 Å². The molecule has 2 rings (SSSR count). The molecular formula is C16H16BrNO2. The van der Waals surface area contributed by atoms with Gasteiger partial charge in [-0.1, -0.05) is 33.6 Å². The van der Waals surface area contributed by atoms with Crippen molar-refractivity contribution in [1.82, 2.24) is 0 Å². The van der Waals surface area contributed by atoms with Crippen LogP contribution in [0.5, 0.6) is 0 Å². The molecular weight excluding hydrogens is 318 g/mol. The molecule has 0 atom stereocenters. The molecule has 0 amide bonds. The van der Waals surface area contributed by atoms with Gasteiger partial charge in [0.05, 0.1) is 11.3 Å². The Morgan fingerprint density at radius 3 is 2.40 bits per heavy atom. The van der Waals surface area contributed by atoms with Crippen molar-refractivity contribution in [3.8, 4) is 0 Å². The van der Waals surface area contributed by atoms with Crippen LogP contribution in [0.1, 0.15) is 21.5 Å². The van der Waals surface area contributed by atoms with Crippen LogP contribution < -0.4 is 4.90 Å². The van der Waals surface area contributed by atoms with E-state index < -0.39 is 5.97 Å². The van der Waals surface area contributed by atoms with Gasteiger partial charge in [-0.05, 0) is 43.7 Å². The lowest BCUT2D eigenvalue weighted by Crippen LogP contribution is -2.15. The molecule has 0 aliphatic heterocycles. The van der Waals surface area contributed by atoms with E-state index in [2.05, 4.69) is 22.0 Å². The highest BCUT2D eigenvalue weighted by Crippen LogP contribution is 2.32. The van der Waals surface area contributed by atoms with E-state index >= 15 is 0 Å². The number of rotatable bonds is 3. The molecule has 4 heteroatoms. The topological polar surface area (TPSA) is 40.5 Å². The van der Waals surface area contributed by atoms with Gasteiger partial charge in [0.1, 0.15) is 0 Å². The van der Waals surface area contributed by atoms with E-state index in [0.717, 1.165) is 15.7 Å². The summed E-state index contributed by atoms with van der Waals surface area (Å²) in [5.41, 5.74) is 4.25. The van der Waals surface area contributed by atoms with Crippen LogP contribution in [0.25, 0.3) is 0 Å². The first kappa shape index (κ1) is 14.6. The Morgan fingerprint density at radius 1 is 1.10 bits per heavy atom. The van der Waals surface area contributed by atoms with Gasteiger partial charge in [-0.2, -0.15) is 0 Å². The quantitative estimate of drug-likeness (QED) is 0.896. The molecule has 0 aliphatic carbocycles. The number of hydrogen-bond donors (Lipinski definition) is 1. The average Bonchev–Trinajstić information content (AvgIpc) is 2.37.